The molecule has 2 aromatic rings. The summed E-state index contributed by atoms with van der Waals surface area (Å²) >= 11 is 0. The van der Waals surface area contributed by atoms with Crippen molar-refractivity contribution in [2.24, 2.45) is 0 Å². The number of halogens is 1. The quantitative estimate of drug-likeness (QED) is 0.644. The predicted molar refractivity (Wildman–Crippen MR) is 110 cm³/mol. The molecule has 0 spiro atoms. The van der Waals surface area contributed by atoms with Crippen molar-refractivity contribution in [3.63, 3.8) is 0 Å². The Morgan fingerprint density at radius 3 is 2.57 bits per heavy atom. The first-order valence-corrected chi connectivity index (χ1v) is 10.2. The number of hydrogen-bond acceptors (Lipinski definition) is 3. The van der Waals surface area contributed by atoms with Crippen LogP contribution in [0.5, 0.6) is 0 Å². The fourth-order valence-electron chi connectivity index (χ4n) is 3.70. The minimum Gasteiger partial charge on any atom is -0.345 e. The van der Waals surface area contributed by atoms with Crippen LogP contribution in [-0.2, 0) is 11.2 Å². The maximum absolute atomic E-state index is 13.7. The molecule has 1 heterocycles. The Morgan fingerprint density at radius 1 is 1.04 bits per heavy atom. The van der Waals surface area contributed by atoms with E-state index in [1.807, 2.05) is 6.07 Å². The Bertz CT molecular complexity index is 753. The molecule has 2 N–H and O–H groups in total. The molecule has 2 unspecified atom stereocenters. The zero-order valence-corrected chi connectivity index (χ0v) is 16.5. The van der Waals surface area contributed by atoms with Crippen LogP contribution in [0.4, 0.5) is 4.39 Å². The van der Waals surface area contributed by atoms with E-state index in [1.165, 1.54) is 11.6 Å². The number of carbonyl (C=O) groups is 1. The fourth-order valence-corrected chi connectivity index (χ4v) is 3.70. The van der Waals surface area contributed by atoms with Crippen molar-refractivity contribution in [1.82, 2.24) is 15.8 Å². The standard InChI is InChI=1S/C23H30FN3O/c1-27(23(28)16-19-12-7-8-14-21(19)24)15-9-3-6-13-20-17-22(26-25-20)18-10-4-2-5-11-18/h2,4-5,7-8,10-12,14,20,22,25-26H,3,6,9,13,15-17H2,1H3. The first-order valence-electron chi connectivity index (χ1n) is 10.2. The largest absolute Gasteiger partial charge is 0.345 e. The van der Waals surface area contributed by atoms with Crippen molar-refractivity contribution >= 4 is 5.91 Å². The maximum atomic E-state index is 13.7. The van der Waals surface area contributed by atoms with Gasteiger partial charge in [-0.25, -0.2) is 4.39 Å². The average molecular weight is 384 g/mol. The van der Waals surface area contributed by atoms with Crippen LogP contribution < -0.4 is 10.9 Å². The molecule has 0 radical (unpaired) electrons. The normalized spacial score (nSPS) is 18.9. The molecule has 1 amide bonds. The molecule has 1 saturated heterocycles. The summed E-state index contributed by atoms with van der Waals surface area (Å²) in [6.07, 6.45) is 5.56. The number of hydrazine groups is 1. The number of hydrogen-bond donors (Lipinski definition) is 2. The lowest BCUT2D eigenvalue weighted by Crippen LogP contribution is -2.31. The topological polar surface area (TPSA) is 44.4 Å². The van der Waals surface area contributed by atoms with E-state index in [-0.39, 0.29) is 18.1 Å². The molecule has 4 nitrogen and oxygen atoms in total. The second kappa shape index (κ2) is 10.3. The summed E-state index contributed by atoms with van der Waals surface area (Å²) in [5, 5.41) is 0. The predicted octanol–water partition coefficient (Wildman–Crippen LogP) is 3.99. The van der Waals surface area contributed by atoms with Gasteiger partial charge in [-0.1, -0.05) is 61.4 Å². The van der Waals surface area contributed by atoms with Crippen LogP contribution >= 0.6 is 0 Å². The highest BCUT2D eigenvalue weighted by Crippen LogP contribution is 2.24. The van der Waals surface area contributed by atoms with Gasteiger partial charge in [-0.3, -0.25) is 15.6 Å². The summed E-state index contributed by atoms with van der Waals surface area (Å²) in [6.45, 7) is 0.719. The molecule has 0 bridgehead atoms. The number of unbranched alkanes of at least 4 members (excludes halogenated alkanes) is 2. The number of amides is 1. The van der Waals surface area contributed by atoms with Gasteiger partial charge in [0.15, 0.2) is 0 Å². The first-order chi connectivity index (χ1) is 13.6. The molecule has 150 valence electrons. The van der Waals surface area contributed by atoms with E-state index >= 15 is 0 Å². The Morgan fingerprint density at radius 2 is 1.79 bits per heavy atom. The van der Waals surface area contributed by atoms with E-state index in [0.717, 1.165) is 38.6 Å². The third-order valence-electron chi connectivity index (χ3n) is 5.46. The molecule has 1 aliphatic heterocycles. The van der Waals surface area contributed by atoms with Crippen LogP contribution in [-0.4, -0.2) is 30.4 Å². The highest BCUT2D eigenvalue weighted by molar-refractivity contribution is 5.78. The summed E-state index contributed by atoms with van der Waals surface area (Å²) in [7, 11) is 1.80. The molecule has 2 atom stereocenters. The van der Waals surface area contributed by atoms with Crippen molar-refractivity contribution in [2.45, 2.75) is 50.6 Å². The second-order valence-electron chi connectivity index (χ2n) is 7.62. The Kier molecular flexibility index (Phi) is 7.57. The lowest BCUT2D eigenvalue weighted by molar-refractivity contribution is -0.129. The van der Waals surface area contributed by atoms with Gasteiger partial charge in [0.2, 0.25) is 5.91 Å². The average Bonchev–Trinajstić information content (AvgIpc) is 3.19. The monoisotopic (exact) mass is 383 g/mol. The smallest absolute Gasteiger partial charge is 0.226 e. The van der Waals surface area contributed by atoms with E-state index in [1.54, 1.807) is 30.1 Å². The van der Waals surface area contributed by atoms with E-state index < -0.39 is 0 Å². The number of nitrogens with one attached hydrogen (secondary N) is 2. The summed E-state index contributed by atoms with van der Waals surface area (Å²) in [5.74, 6) is -0.340. The zero-order valence-electron chi connectivity index (χ0n) is 16.5. The highest BCUT2D eigenvalue weighted by atomic mass is 19.1. The third kappa shape index (κ3) is 5.88. The Labute approximate surface area is 167 Å². The minimum atomic E-state index is -0.310. The van der Waals surface area contributed by atoms with Gasteiger partial charge in [0.25, 0.3) is 0 Å². The van der Waals surface area contributed by atoms with Gasteiger partial charge in [-0.15, -0.1) is 0 Å². The fraction of sp³-hybridized carbons (Fsp3) is 0.435. The van der Waals surface area contributed by atoms with Gasteiger partial charge in [0, 0.05) is 25.7 Å². The van der Waals surface area contributed by atoms with Crippen molar-refractivity contribution in [2.75, 3.05) is 13.6 Å². The van der Waals surface area contributed by atoms with Crippen molar-refractivity contribution in [1.29, 1.82) is 0 Å². The van der Waals surface area contributed by atoms with Crippen LogP contribution in [0.15, 0.2) is 54.6 Å². The van der Waals surface area contributed by atoms with Gasteiger partial charge in [0.05, 0.1) is 6.42 Å². The van der Waals surface area contributed by atoms with Gasteiger partial charge in [0.1, 0.15) is 5.82 Å². The second-order valence-corrected chi connectivity index (χ2v) is 7.62. The molecule has 1 aliphatic rings. The molecule has 0 aliphatic carbocycles. The number of nitrogens with zero attached hydrogens (tertiary/aromatic N) is 1. The number of benzene rings is 2. The summed E-state index contributed by atoms with van der Waals surface area (Å²) < 4.78 is 13.7. The van der Waals surface area contributed by atoms with Crippen LogP contribution in [0.2, 0.25) is 0 Å². The molecule has 2 aromatic carbocycles. The molecular formula is C23H30FN3O. The minimum absolute atomic E-state index is 0.0301. The molecule has 5 heteroatoms. The Balaban J connectivity index is 1.29. The van der Waals surface area contributed by atoms with E-state index in [4.69, 9.17) is 0 Å². The molecule has 1 fully saturated rings. The van der Waals surface area contributed by atoms with Gasteiger partial charge < -0.3 is 4.90 Å². The van der Waals surface area contributed by atoms with Crippen molar-refractivity contribution < 1.29 is 9.18 Å². The van der Waals surface area contributed by atoms with Crippen LogP contribution in [0.1, 0.15) is 49.3 Å². The van der Waals surface area contributed by atoms with Crippen molar-refractivity contribution in [3.8, 4) is 0 Å². The number of carbonyl (C=O) groups excluding carboxylic acids is 1. The van der Waals surface area contributed by atoms with Gasteiger partial charge in [-0.05, 0) is 36.5 Å². The molecule has 28 heavy (non-hydrogen) atoms. The number of rotatable bonds is 9. The summed E-state index contributed by atoms with van der Waals surface area (Å²) in [4.78, 5) is 14.0. The Hall–Kier alpha value is -2.24. The lowest BCUT2D eigenvalue weighted by atomic mass is 9.99. The molecule has 0 aromatic heterocycles. The SMILES string of the molecule is CN(CCCCCC1CC(c2ccccc2)NN1)C(=O)Cc1ccccc1F. The van der Waals surface area contributed by atoms with Gasteiger partial charge in [-0.2, -0.15) is 0 Å². The summed E-state index contributed by atoms with van der Waals surface area (Å²) in [6, 6.07) is 17.9. The highest BCUT2D eigenvalue weighted by Gasteiger charge is 2.24. The maximum Gasteiger partial charge on any atom is 0.226 e. The zero-order chi connectivity index (χ0) is 19.8. The van der Waals surface area contributed by atoms with E-state index in [2.05, 4.69) is 35.1 Å². The van der Waals surface area contributed by atoms with Crippen LogP contribution in [0.3, 0.4) is 0 Å². The molecule has 0 saturated carbocycles. The van der Waals surface area contributed by atoms with E-state index in [0.29, 0.717) is 17.6 Å². The van der Waals surface area contributed by atoms with Crippen LogP contribution in [0, 0.1) is 5.82 Å². The third-order valence-corrected chi connectivity index (χ3v) is 5.46. The molecular weight excluding hydrogens is 353 g/mol. The summed E-state index contributed by atoms with van der Waals surface area (Å²) in [5.41, 5.74) is 8.59. The van der Waals surface area contributed by atoms with E-state index in [9.17, 15) is 9.18 Å². The lowest BCUT2D eigenvalue weighted by Gasteiger charge is -2.17. The number of likely N-dealkylation sites (N-methyl/N-ethyl adjacent to an activating group) is 1. The molecule has 3 rings (SSSR count). The van der Waals surface area contributed by atoms with Crippen LogP contribution in [0.25, 0.3) is 0 Å². The first kappa shape index (κ1) is 20.5. The van der Waals surface area contributed by atoms with Gasteiger partial charge >= 0.3 is 0 Å². The van der Waals surface area contributed by atoms with Crippen molar-refractivity contribution in [3.05, 3.63) is 71.5 Å².